The normalized spacial score (nSPS) is 15.5. The Morgan fingerprint density at radius 2 is 1.75 bits per heavy atom. The fraction of sp³-hybridized carbons (Fsp3) is 0.0909. The predicted molar refractivity (Wildman–Crippen MR) is 110 cm³/mol. The van der Waals surface area contributed by atoms with Gasteiger partial charge >= 0.3 is 0 Å². The van der Waals surface area contributed by atoms with Crippen LogP contribution in [0.2, 0.25) is 0 Å². The Bertz CT molecular complexity index is 1040. The molecule has 0 bridgehead atoms. The van der Waals surface area contributed by atoms with E-state index in [4.69, 9.17) is 4.74 Å². The molecule has 0 aliphatic carbocycles. The van der Waals surface area contributed by atoms with Crippen LogP contribution in [0.3, 0.4) is 0 Å². The molecule has 1 aliphatic heterocycles. The van der Waals surface area contributed by atoms with E-state index in [0.717, 1.165) is 34.3 Å². The van der Waals surface area contributed by atoms with Gasteiger partial charge < -0.3 is 9.30 Å². The maximum atomic E-state index is 12.7. The molecule has 1 aromatic heterocycles. The van der Waals surface area contributed by atoms with Crippen molar-refractivity contribution in [3.8, 4) is 11.4 Å². The summed E-state index contributed by atoms with van der Waals surface area (Å²) >= 11 is 0.979. The van der Waals surface area contributed by atoms with Gasteiger partial charge in [0.05, 0.1) is 18.6 Å². The molecule has 1 saturated heterocycles. The van der Waals surface area contributed by atoms with Crippen LogP contribution in [0.25, 0.3) is 11.8 Å². The minimum Gasteiger partial charge on any atom is -0.497 e. The van der Waals surface area contributed by atoms with Crippen LogP contribution in [0.4, 0.5) is 4.79 Å². The summed E-state index contributed by atoms with van der Waals surface area (Å²) in [6.07, 6.45) is 5.60. The number of carbonyl (C=O) groups is 2. The molecule has 5 nitrogen and oxygen atoms in total. The van der Waals surface area contributed by atoms with Crippen LogP contribution < -0.4 is 4.74 Å². The second-order valence-electron chi connectivity index (χ2n) is 6.30. The Balaban J connectivity index is 1.52. The molecule has 1 aliphatic rings. The van der Waals surface area contributed by atoms with Crippen LogP contribution in [-0.2, 0) is 11.3 Å². The SMILES string of the molecule is COc1ccc(-n2ccc(/C=C3/SC(=O)N(Cc4ccccc4)C3=O)c2)cc1. The lowest BCUT2D eigenvalue weighted by Gasteiger charge is -2.11. The molecule has 0 N–H and O–H groups in total. The molecular weight excluding hydrogens is 372 g/mol. The highest BCUT2D eigenvalue weighted by molar-refractivity contribution is 8.18. The number of methoxy groups -OCH3 is 1. The fourth-order valence-electron chi connectivity index (χ4n) is 2.97. The lowest BCUT2D eigenvalue weighted by atomic mass is 10.2. The quantitative estimate of drug-likeness (QED) is 0.592. The zero-order valence-corrected chi connectivity index (χ0v) is 16.1. The average molecular weight is 390 g/mol. The van der Waals surface area contributed by atoms with E-state index in [1.165, 1.54) is 4.90 Å². The van der Waals surface area contributed by atoms with Crippen molar-refractivity contribution < 1.29 is 14.3 Å². The maximum Gasteiger partial charge on any atom is 0.293 e. The first-order chi connectivity index (χ1) is 13.6. The first-order valence-corrected chi connectivity index (χ1v) is 9.57. The number of amides is 2. The summed E-state index contributed by atoms with van der Waals surface area (Å²) in [7, 11) is 1.63. The summed E-state index contributed by atoms with van der Waals surface area (Å²) in [5.41, 5.74) is 2.77. The summed E-state index contributed by atoms with van der Waals surface area (Å²) in [6.45, 7) is 0.287. The highest BCUT2D eigenvalue weighted by Gasteiger charge is 2.34. The largest absolute Gasteiger partial charge is 0.497 e. The van der Waals surface area contributed by atoms with Gasteiger partial charge in [0, 0.05) is 18.1 Å². The highest BCUT2D eigenvalue weighted by atomic mass is 32.2. The Hall–Kier alpha value is -3.25. The molecule has 28 heavy (non-hydrogen) atoms. The van der Waals surface area contributed by atoms with Crippen LogP contribution >= 0.6 is 11.8 Å². The monoisotopic (exact) mass is 390 g/mol. The van der Waals surface area contributed by atoms with Crippen molar-refractivity contribution in [1.82, 2.24) is 9.47 Å². The molecule has 2 heterocycles. The first kappa shape index (κ1) is 18.1. The van der Waals surface area contributed by atoms with Crippen LogP contribution in [0.15, 0.2) is 78.0 Å². The summed E-state index contributed by atoms with van der Waals surface area (Å²) in [4.78, 5) is 26.7. The smallest absolute Gasteiger partial charge is 0.293 e. The summed E-state index contributed by atoms with van der Waals surface area (Å²) < 4.78 is 7.14. The molecule has 0 radical (unpaired) electrons. The number of hydrogen-bond acceptors (Lipinski definition) is 4. The van der Waals surface area contributed by atoms with Gasteiger partial charge in [0.25, 0.3) is 11.1 Å². The number of benzene rings is 2. The van der Waals surface area contributed by atoms with Crippen LogP contribution in [0.1, 0.15) is 11.1 Å². The molecule has 6 heteroatoms. The average Bonchev–Trinajstić information content (AvgIpc) is 3.29. The van der Waals surface area contributed by atoms with Crippen molar-refractivity contribution >= 4 is 29.0 Å². The van der Waals surface area contributed by atoms with Gasteiger partial charge in [-0.25, -0.2) is 0 Å². The van der Waals surface area contributed by atoms with Crippen molar-refractivity contribution in [2.24, 2.45) is 0 Å². The minimum absolute atomic E-state index is 0.241. The molecule has 2 amide bonds. The summed E-state index contributed by atoms with van der Waals surface area (Å²) in [5, 5.41) is -0.241. The standard InChI is InChI=1S/C22H18N2O3S/c1-27-19-9-7-18(8-10-19)23-12-11-17(14-23)13-20-21(25)24(22(26)28-20)15-16-5-3-2-4-6-16/h2-14H,15H2,1H3/b20-13+. The van der Waals surface area contributed by atoms with Gasteiger partial charge in [-0.2, -0.15) is 0 Å². The number of carbonyl (C=O) groups excluding carboxylic acids is 2. The molecule has 4 rings (SSSR count). The summed E-state index contributed by atoms with van der Waals surface area (Å²) in [6, 6.07) is 19.1. The molecule has 0 saturated carbocycles. The molecule has 0 atom stereocenters. The van der Waals surface area contributed by atoms with E-state index in [0.29, 0.717) is 4.91 Å². The third-order valence-electron chi connectivity index (χ3n) is 4.44. The zero-order chi connectivity index (χ0) is 19.5. The number of rotatable bonds is 5. The van der Waals surface area contributed by atoms with E-state index < -0.39 is 0 Å². The Morgan fingerprint density at radius 1 is 1.00 bits per heavy atom. The lowest BCUT2D eigenvalue weighted by Crippen LogP contribution is -2.27. The number of thioether (sulfide) groups is 1. The van der Waals surface area contributed by atoms with Crippen molar-refractivity contribution in [2.75, 3.05) is 7.11 Å². The van der Waals surface area contributed by atoms with E-state index >= 15 is 0 Å². The topological polar surface area (TPSA) is 51.5 Å². The lowest BCUT2D eigenvalue weighted by molar-refractivity contribution is -0.123. The second kappa shape index (κ2) is 7.78. The van der Waals surface area contributed by atoms with Gasteiger partial charge in [0.2, 0.25) is 0 Å². The maximum absolute atomic E-state index is 12.7. The van der Waals surface area contributed by atoms with Gasteiger partial charge in [-0.15, -0.1) is 0 Å². The fourth-order valence-corrected chi connectivity index (χ4v) is 3.81. The van der Waals surface area contributed by atoms with Crippen molar-refractivity contribution in [2.45, 2.75) is 6.54 Å². The molecule has 140 valence electrons. The Morgan fingerprint density at radius 3 is 2.46 bits per heavy atom. The molecule has 0 spiro atoms. The van der Waals surface area contributed by atoms with Gasteiger partial charge in [0.15, 0.2) is 0 Å². The Kier molecular flexibility index (Phi) is 5.04. The van der Waals surface area contributed by atoms with Gasteiger partial charge in [-0.3, -0.25) is 14.5 Å². The first-order valence-electron chi connectivity index (χ1n) is 8.76. The van der Waals surface area contributed by atoms with E-state index in [-0.39, 0.29) is 17.7 Å². The number of aromatic nitrogens is 1. The van der Waals surface area contributed by atoms with Crippen molar-refractivity contribution in [3.05, 3.63) is 89.1 Å². The Labute approximate surface area is 167 Å². The van der Waals surface area contributed by atoms with Crippen molar-refractivity contribution in [3.63, 3.8) is 0 Å². The third-order valence-corrected chi connectivity index (χ3v) is 5.35. The molecule has 3 aromatic rings. The van der Waals surface area contributed by atoms with E-state index in [2.05, 4.69) is 0 Å². The van der Waals surface area contributed by atoms with Gasteiger partial charge in [0.1, 0.15) is 5.75 Å². The van der Waals surface area contributed by atoms with Crippen molar-refractivity contribution in [1.29, 1.82) is 0 Å². The minimum atomic E-state index is -0.254. The molecule has 2 aromatic carbocycles. The van der Waals surface area contributed by atoms with Crippen LogP contribution in [0.5, 0.6) is 5.75 Å². The number of ether oxygens (including phenoxy) is 1. The third kappa shape index (κ3) is 3.73. The second-order valence-corrected chi connectivity index (χ2v) is 7.30. The van der Waals surface area contributed by atoms with E-state index in [1.54, 1.807) is 13.2 Å². The number of imide groups is 1. The van der Waals surface area contributed by atoms with Gasteiger partial charge in [-0.1, -0.05) is 30.3 Å². The van der Waals surface area contributed by atoms with E-state index in [1.807, 2.05) is 77.6 Å². The highest BCUT2D eigenvalue weighted by Crippen LogP contribution is 2.33. The van der Waals surface area contributed by atoms with Crippen LogP contribution in [0, 0.1) is 0 Å². The summed E-state index contributed by atoms with van der Waals surface area (Å²) in [5.74, 6) is 0.541. The van der Waals surface area contributed by atoms with Crippen LogP contribution in [-0.4, -0.2) is 27.7 Å². The van der Waals surface area contributed by atoms with E-state index in [9.17, 15) is 9.59 Å². The number of nitrogens with zero attached hydrogens (tertiary/aromatic N) is 2. The molecular formula is C22H18N2O3S. The zero-order valence-electron chi connectivity index (χ0n) is 15.2. The predicted octanol–water partition coefficient (Wildman–Crippen LogP) is 4.72. The molecule has 0 unspecified atom stereocenters. The molecule has 1 fully saturated rings. The van der Waals surface area contributed by atoms with Gasteiger partial charge in [-0.05, 0) is 59.3 Å². The number of hydrogen-bond donors (Lipinski definition) is 0.